The molecule has 1 aromatic rings. The Bertz CT molecular complexity index is 517. The standard InChI is InChI=1S/C16H23NO6/c1-16(17,22-3)12(10-21-2)13(14(18)19)15(20)23-9-11-7-5-4-6-8-11/h4-8,12-13H,9-10,17H2,1-3H3,(H,18,19). The quantitative estimate of drug-likeness (QED) is 0.396. The van der Waals surface area contributed by atoms with E-state index in [9.17, 15) is 14.7 Å². The number of aliphatic carboxylic acids is 1. The van der Waals surface area contributed by atoms with Gasteiger partial charge in [0, 0.05) is 20.1 Å². The summed E-state index contributed by atoms with van der Waals surface area (Å²) in [6.45, 7) is 1.42. The maximum absolute atomic E-state index is 12.3. The molecule has 23 heavy (non-hydrogen) atoms. The Kier molecular flexibility index (Phi) is 7.15. The molecule has 0 radical (unpaired) electrons. The molecule has 0 amide bonds. The summed E-state index contributed by atoms with van der Waals surface area (Å²) in [4.78, 5) is 23.8. The number of carboxylic acid groups (broad SMARTS) is 1. The molecular weight excluding hydrogens is 302 g/mol. The van der Waals surface area contributed by atoms with Gasteiger partial charge in [0.15, 0.2) is 5.92 Å². The molecule has 0 saturated carbocycles. The molecule has 0 aromatic heterocycles. The van der Waals surface area contributed by atoms with Crippen molar-refractivity contribution < 1.29 is 28.9 Å². The topological polar surface area (TPSA) is 108 Å². The zero-order valence-electron chi connectivity index (χ0n) is 13.5. The van der Waals surface area contributed by atoms with Crippen LogP contribution in [0.15, 0.2) is 30.3 Å². The summed E-state index contributed by atoms with van der Waals surface area (Å²) >= 11 is 0. The number of methoxy groups -OCH3 is 2. The van der Waals surface area contributed by atoms with Gasteiger partial charge in [-0.25, -0.2) is 0 Å². The predicted molar refractivity (Wildman–Crippen MR) is 82.3 cm³/mol. The van der Waals surface area contributed by atoms with Crippen LogP contribution in [0.5, 0.6) is 0 Å². The van der Waals surface area contributed by atoms with Crippen molar-refractivity contribution in [2.75, 3.05) is 20.8 Å². The van der Waals surface area contributed by atoms with Gasteiger partial charge in [0.05, 0.1) is 6.61 Å². The van der Waals surface area contributed by atoms with Crippen LogP contribution in [-0.2, 0) is 30.4 Å². The van der Waals surface area contributed by atoms with E-state index in [1.165, 1.54) is 21.1 Å². The van der Waals surface area contributed by atoms with Crippen LogP contribution in [0.3, 0.4) is 0 Å². The number of ether oxygens (including phenoxy) is 3. The highest BCUT2D eigenvalue weighted by Gasteiger charge is 2.45. The molecule has 7 heteroatoms. The van der Waals surface area contributed by atoms with Crippen LogP contribution in [0.1, 0.15) is 12.5 Å². The van der Waals surface area contributed by atoms with Crippen LogP contribution in [0.25, 0.3) is 0 Å². The number of nitrogens with two attached hydrogens (primary N) is 1. The minimum absolute atomic E-state index is 0.0164. The average Bonchev–Trinajstić information content (AvgIpc) is 2.53. The molecule has 0 bridgehead atoms. The first-order chi connectivity index (χ1) is 10.8. The first kappa shape index (κ1) is 19.1. The van der Waals surface area contributed by atoms with E-state index in [-0.39, 0.29) is 13.2 Å². The third kappa shape index (κ3) is 5.31. The molecule has 3 unspecified atom stereocenters. The van der Waals surface area contributed by atoms with Gasteiger partial charge in [-0.15, -0.1) is 0 Å². The number of hydrogen-bond acceptors (Lipinski definition) is 6. The molecule has 0 heterocycles. The normalized spacial score (nSPS) is 16.2. The monoisotopic (exact) mass is 325 g/mol. The Balaban J connectivity index is 2.90. The largest absolute Gasteiger partial charge is 0.481 e. The summed E-state index contributed by atoms with van der Waals surface area (Å²) in [5.41, 5.74) is 5.36. The van der Waals surface area contributed by atoms with Crippen molar-refractivity contribution in [2.24, 2.45) is 17.6 Å². The van der Waals surface area contributed by atoms with Crippen LogP contribution in [0.4, 0.5) is 0 Å². The molecule has 0 aliphatic carbocycles. The number of carbonyl (C=O) groups is 2. The summed E-state index contributed by atoms with van der Waals surface area (Å²) in [5.74, 6) is -4.61. The third-order valence-corrected chi connectivity index (χ3v) is 3.67. The van der Waals surface area contributed by atoms with Crippen molar-refractivity contribution in [1.82, 2.24) is 0 Å². The molecule has 3 atom stereocenters. The maximum atomic E-state index is 12.3. The highest BCUT2D eigenvalue weighted by atomic mass is 16.5. The third-order valence-electron chi connectivity index (χ3n) is 3.67. The fourth-order valence-electron chi connectivity index (χ4n) is 2.18. The lowest BCUT2D eigenvalue weighted by Gasteiger charge is -2.35. The summed E-state index contributed by atoms with van der Waals surface area (Å²) in [7, 11) is 2.74. The lowest BCUT2D eigenvalue weighted by atomic mass is 9.84. The molecular formula is C16H23NO6. The SMILES string of the molecule is COCC(C(C(=O)O)C(=O)OCc1ccccc1)C(C)(N)OC. The van der Waals surface area contributed by atoms with E-state index in [2.05, 4.69) is 0 Å². The van der Waals surface area contributed by atoms with E-state index in [4.69, 9.17) is 19.9 Å². The first-order valence-electron chi connectivity index (χ1n) is 7.09. The van der Waals surface area contributed by atoms with E-state index < -0.39 is 29.5 Å². The van der Waals surface area contributed by atoms with Crippen molar-refractivity contribution >= 4 is 11.9 Å². The number of benzene rings is 1. The first-order valence-corrected chi connectivity index (χ1v) is 7.09. The van der Waals surface area contributed by atoms with Crippen LogP contribution in [0.2, 0.25) is 0 Å². The van der Waals surface area contributed by atoms with Gasteiger partial charge in [0.1, 0.15) is 12.3 Å². The smallest absolute Gasteiger partial charge is 0.321 e. The Morgan fingerprint density at radius 3 is 2.35 bits per heavy atom. The summed E-state index contributed by atoms with van der Waals surface area (Å²) < 4.78 is 15.3. The van der Waals surface area contributed by atoms with Crippen molar-refractivity contribution in [1.29, 1.82) is 0 Å². The van der Waals surface area contributed by atoms with Gasteiger partial charge >= 0.3 is 11.9 Å². The number of hydrogen-bond donors (Lipinski definition) is 2. The zero-order valence-corrected chi connectivity index (χ0v) is 13.5. The van der Waals surface area contributed by atoms with Crippen LogP contribution < -0.4 is 5.73 Å². The molecule has 0 saturated heterocycles. The Hall–Kier alpha value is -1.96. The van der Waals surface area contributed by atoms with Gasteiger partial charge in [0.2, 0.25) is 0 Å². The second-order valence-corrected chi connectivity index (χ2v) is 5.36. The summed E-state index contributed by atoms with van der Waals surface area (Å²) in [6, 6.07) is 8.98. The lowest BCUT2D eigenvalue weighted by molar-refractivity contribution is -0.172. The fraction of sp³-hybridized carbons (Fsp3) is 0.500. The van der Waals surface area contributed by atoms with Crippen LogP contribution >= 0.6 is 0 Å². The van der Waals surface area contributed by atoms with Crippen molar-refractivity contribution in [3.05, 3.63) is 35.9 Å². The number of rotatable bonds is 9. The molecule has 3 N–H and O–H groups in total. The Morgan fingerprint density at radius 2 is 1.87 bits per heavy atom. The minimum atomic E-state index is -1.49. The Morgan fingerprint density at radius 1 is 1.26 bits per heavy atom. The molecule has 0 spiro atoms. The lowest BCUT2D eigenvalue weighted by Crippen LogP contribution is -2.54. The number of carboxylic acids is 1. The highest BCUT2D eigenvalue weighted by Crippen LogP contribution is 2.26. The second-order valence-electron chi connectivity index (χ2n) is 5.36. The molecule has 128 valence electrons. The average molecular weight is 325 g/mol. The van der Waals surface area contributed by atoms with E-state index >= 15 is 0 Å². The maximum Gasteiger partial charge on any atom is 0.321 e. The molecule has 1 rings (SSSR count). The highest BCUT2D eigenvalue weighted by molar-refractivity contribution is 5.94. The second kappa shape index (κ2) is 8.61. The summed E-state index contributed by atoms with van der Waals surface area (Å²) in [6.07, 6.45) is 0. The minimum Gasteiger partial charge on any atom is -0.481 e. The molecule has 0 aliphatic heterocycles. The summed E-state index contributed by atoms with van der Waals surface area (Å²) in [5, 5.41) is 9.43. The molecule has 7 nitrogen and oxygen atoms in total. The number of carbonyl (C=O) groups excluding carboxylic acids is 1. The predicted octanol–water partition coefficient (Wildman–Crippen LogP) is 1.01. The van der Waals surface area contributed by atoms with Crippen LogP contribution in [0, 0.1) is 11.8 Å². The van der Waals surface area contributed by atoms with Gasteiger partial charge in [-0.2, -0.15) is 0 Å². The zero-order chi connectivity index (χ0) is 17.5. The van der Waals surface area contributed by atoms with E-state index in [0.717, 1.165) is 5.56 Å². The molecule has 0 aliphatic rings. The molecule has 1 aromatic carbocycles. The van der Waals surface area contributed by atoms with Gasteiger partial charge < -0.3 is 25.1 Å². The Labute approximate surface area is 135 Å². The number of esters is 1. The van der Waals surface area contributed by atoms with Gasteiger partial charge in [0.25, 0.3) is 0 Å². The van der Waals surface area contributed by atoms with Gasteiger partial charge in [-0.1, -0.05) is 30.3 Å². The van der Waals surface area contributed by atoms with E-state index in [0.29, 0.717) is 0 Å². The van der Waals surface area contributed by atoms with Crippen LogP contribution in [-0.4, -0.2) is 43.6 Å². The van der Waals surface area contributed by atoms with E-state index in [1.54, 1.807) is 24.3 Å². The van der Waals surface area contributed by atoms with Crippen molar-refractivity contribution in [3.63, 3.8) is 0 Å². The van der Waals surface area contributed by atoms with Gasteiger partial charge in [-0.05, 0) is 12.5 Å². The van der Waals surface area contributed by atoms with Gasteiger partial charge in [-0.3, -0.25) is 9.59 Å². The van der Waals surface area contributed by atoms with Crippen molar-refractivity contribution in [3.8, 4) is 0 Å². The van der Waals surface area contributed by atoms with Crippen molar-refractivity contribution in [2.45, 2.75) is 19.3 Å². The van der Waals surface area contributed by atoms with E-state index in [1.807, 2.05) is 6.07 Å². The molecule has 0 fully saturated rings. The fourth-order valence-corrected chi connectivity index (χ4v) is 2.18.